The Morgan fingerprint density at radius 3 is 2.61 bits per heavy atom. The zero-order chi connectivity index (χ0) is 19.7. The van der Waals surface area contributed by atoms with E-state index >= 15 is 0 Å². The molecule has 4 rings (SSSR count). The van der Waals surface area contributed by atoms with Crippen molar-refractivity contribution in [1.29, 1.82) is 0 Å². The molecule has 0 atom stereocenters. The van der Waals surface area contributed by atoms with Crippen molar-refractivity contribution in [3.63, 3.8) is 0 Å². The summed E-state index contributed by atoms with van der Waals surface area (Å²) < 4.78 is 4.97. The largest absolute Gasteiger partial charge is 0.465 e. The van der Waals surface area contributed by atoms with Gasteiger partial charge in [0.1, 0.15) is 5.52 Å². The molecule has 2 N–H and O–H groups in total. The van der Waals surface area contributed by atoms with Crippen LogP contribution in [0, 0.1) is 6.92 Å². The monoisotopic (exact) mass is 391 g/mol. The number of hydrogen-bond acceptors (Lipinski definition) is 4. The second-order valence-electron chi connectivity index (χ2n) is 6.47. The van der Waals surface area contributed by atoms with Gasteiger partial charge in [0.2, 0.25) is 5.95 Å². The van der Waals surface area contributed by atoms with Crippen LogP contribution in [0.5, 0.6) is 0 Å². The van der Waals surface area contributed by atoms with Gasteiger partial charge < -0.3 is 15.0 Å². The lowest BCUT2D eigenvalue weighted by Crippen LogP contribution is -2.03. The van der Waals surface area contributed by atoms with Crippen molar-refractivity contribution >= 4 is 40.2 Å². The first-order chi connectivity index (χ1) is 13.5. The van der Waals surface area contributed by atoms with Crippen LogP contribution in [0.25, 0.3) is 22.2 Å². The number of ether oxygens (including phenoxy) is 1. The highest BCUT2D eigenvalue weighted by Gasteiger charge is 2.18. The molecule has 1 aromatic heterocycles. The maximum atomic E-state index is 12.4. The summed E-state index contributed by atoms with van der Waals surface area (Å²) >= 11 is 6.44. The van der Waals surface area contributed by atoms with E-state index in [1.54, 1.807) is 6.07 Å². The van der Waals surface area contributed by atoms with Crippen LogP contribution in [0.1, 0.15) is 15.9 Å². The minimum Gasteiger partial charge on any atom is -0.465 e. The number of methoxy groups -OCH3 is 1. The number of imidazole rings is 1. The Labute approximate surface area is 167 Å². The fourth-order valence-corrected chi connectivity index (χ4v) is 3.45. The van der Waals surface area contributed by atoms with Gasteiger partial charge in [-0.2, -0.15) is 0 Å². The summed E-state index contributed by atoms with van der Waals surface area (Å²) in [6, 6.07) is 19.2. The first-order valence-electron chi connectivity index (χ1n) is 8.76. The molecule has 0 saturated carbocycles. The summed E-state index contributed by atoms with van der Waals surface area (Å²) in [6.45, 7) is 1.98. The number of halogens is 1. The van der Waals surface area contributed by atoms with Crippen LogP contribution in [-0.2, 0) is 4.74 Å². The summed E-state index contributed by atoms with van der Waals surface area (Å²) in [5.41, 5.74) is 5.25. The Morgan fingerprint density at radius 1 is 1.11 bits per heavy atom. The standard InChI is InChI=1S/C22H18ClN3O2/c1-13-8-9-16(18(23)10-13)14-11-17(21(27)28-2)20-19(12-14)25-22(26-20)24-15-6-4-3-5-7-15/h3-12H,1-2H3,(H2,24,25,26). The molecule has 0 saturated heterocycles. The molecule has 0 fully saturated rings. The predicted octanol–water partition coefficient (Wildman–Crippen LogP) is 5.72. The van der Waals surface area contributed by atoms with Crippen molar-refractivity contribution in [2.45, 2.75) is 6.92 Å². The van der Waals surface area contributed by atoms with E-state index in [0.29, 0.717) is 27.6 Å². The fraction of sp³-hybridized carbons (Fsp3) is 0.0909. The Bertz CT molecular complexity index is 1170. The minimum atomic E-state index is -0.451. The van der Waals surface area contributed by atoms with Crippen molar-refractivity contribution in [3.8, 4) is 11.1 Å². The highest BCUT2D eigenvalue weighted by atomic mass is 35.5. The summed E-state index contributed by atoms with van der Waals surface area (Å²) in [5, 5.41) is 3.83. The number of aromatic nitrogens is 2. The zero-order valence-corrected chi connectivity index (χ0v) is 16.2. The quantitative estimate of drug-likeness (QED) is 0.436. The van der Waals surface area contributed by atoms with E-state index < -0.39 is 5.97 Å². The third kappa shape index (κ3) is 3.44. The number of rotatable bonds is 4. The molecule has 0 unspecified atom stereocenters. The van der Waals surface area contributed by atoms with Gasteiger partial charge in [-0.15, -0.1) is 0 Å². The van der Waals surface area contributed by atoms with Crippen molar-refractivity contribution < 1.29 is 9.53 Å². The third-order valence-electron chi connectivity index (χ3n) is 4.46. The van der Waals surface area contributed by atoms with E-state index in [1.807, 2.05) is 61.5 Å². The average molecular weight is 392 g/mol. The number of aromatic amines is 1. The number of esters is 1. The molecule has 3 aromatic carbocycles. The number of aryl methyl sites for hydroxylation is 1. The number of nitrogens with one attached hydrogen (secondary N) is 2. The number of anilines is 2. The molecular weight excluding hydrogens is 374 g/mol. The first-order valence-corrected chi connectivity index (χ1v) is 9.13. The molecule has 0 radical (unpaired) electrons. The van der Waals surface area contributed by atoms with Crippen LogP contribution in [-0.4, -0.2) is 23.0 Å². The molecule has 0 aliphatic carbocycles. The highest BCUT2D eigenvalue weighted by molar-refractivity contribution is 6.33. The number of nitrogens with zero attached hydrogens (tertiary/aromatic N) is 1. The van der Waals surface area contributed by atoms with Crippen molar-refractivity contribution in [2.24, 2.45) is 0 Å². The molecule has 4 aromatic rings. The molecule has 0 amide bonds. The van der Waals surface area contributed by atoms with E-state index in [2.05, 4.69) is 15.3 Å². The average Bonchev–Trinajstić information content (AvgIpc) is 3.09. The van der Waals surface area contributed by atoms with Crippen molar-refractivity contribution in [1.82, 2.24) is 9.97 Å². The van der Waals surface area contributed by atoms with E-state index in [1.165, 1.54) is 7.11 Å². The zero-order valence-electron chi connectivity index (χ0n) is 15.4. The lowest BCUT2D eigenvalue weighted by molar-refractivity contribution is 0.0603. The SMILES string of the molecule is COC(=O)c1cc(-c2ccc(C)cc2Cl)cc2[nH]c(Nc3ccccc3)nc12. The molecule has 0 bridgehead atoms. The Kier molecular flexibility index (Phi) is 4.75. The van der Waals surface area contributed by atoms with Crippen molar-refractivity contribution in [3.05, 3.63) is 76.8 Å². The minimum absolute atomic E-state index is 0.379. The van der Waals surface area contributed by atoms with E-state index in [4.69, 9.17) is 16.3 Å². The number of para-hydroxylation sites is 1. The number of benzene rings is 3. The van der Waals surface area contributed by atoms with E-state index in [-0.39, 0.29) is 0 Å². The predicted molar refractivity (Wildman–Crippen MR) is 112 cm³/mol. The fourth-order valence-electron chi connectivity index (χ4n) is 3.11. The van der Waals surface area contributed by atoms with Crippen LogP contribution in [0.2, 0.25) is 5.02 Å². The van der Waals surface area contributed by atoms with Crippen LogP contribution < -0.4 is 5.32 Å². The summed E-state index contributed by atoms with van der Waals surface area (Å²) in [5.74, 6) is 0.0892. The molecule has 28 heavy (non-hydrogen) atoms. The molecule has 0 aliphatic heterocycles. The van der Waals surface area contributed by atoms with Crippen LogP contribution in [0.3, 0.4) is 0 Å². The van der Waals surface area contributed by atoms with E-state index in [0.717, 1.165) is 22.4 Å². The lowest BCUT2D eigenvalue weighted by Gasteiger charge is -2.08. The second kappa shape index (κ2) is 7.37. The van der Waals surface area contributed by atoms with Gasteiger partial charge >= 0.3 is 5.97 Å². The Hall–Kier alpha value is -3.31. The number of carbonyl (C=O) groups excluding carboxylic acids is 1. The van der Waals surface area contributed by atoms with Crippen LogP contribution >= 0.6 is 11.6 Å². The molecule has 0 spiro atoms. The van der Waals surface area contributed by atoms with E-state index in [9.17, 15) is 4.79 Å². The van der Waals surface area contributed by atoms with Gasteiger partial charge in [0.15, 0.2) is 0 Å². The maximum Gasteiger partial charge on any atom is 0.340 e. The molecule has 5 nitrogen and oxygen atoms in total. The molecule has 1 heterocycles. The van der Waals surface area contributed by atoms with Crippen LogP contribution in [0.4, 0.5) is 11.6 Å². The summed E-state index contributed by atoms with van der Waals surface area (Å²) in [4.78, 5) is 20.2. The number of carbonyl (C=O) groups is 1. The van der Waals surface area contributed by atoms with Gasteiger partial charge in [-0.25, -0.2) is 9.78 Å². The topological polar surface area (TPSA) is 67.0 Å². The lowest BCUT2D eigenvalue weighted by atomic mass is 10.0. The van der Waals surface area contributed by atoms with Gasteiger partial charge in [0, 0.05) is 16.3 Å². The second-order valence-corrected chi connectivity index (χ2v) is 6.88. The number of fused-ring (bicyclic) bond motifs is 1. The van der Waals surface area contributed by atoms with Gasteiger partial charge in [0.05, 0.1) is 18.2 Å². The smallest absolute Gasteiger partial charge is 0.340 e. The number of hydrogen-bond donors (Lipinski definition) is 2. The van der Waals surface area contributed by atoms with Gasteiger partial charge in [-0.3, -0.25) is 0 Å². The Morgan fingerprint density at radius 2 is 1.89 bits per heavy atom. The highest BCUT2D eigenvalue weighted by Crippen LogP contribution is 2.33. The van der Waals surface area contributed by atoms with Gasteiger partial charge in [-0.05, 0) is 48.4 Å². The van der Waals surface area contributed by atoms with Crippen molar-refractivity contribution in [2.75, 3.05) is 12.4 Å². The van der Waals surface area contributed by atoms with Gasteiger partial charge in [0.25, 0.3) is 0 Å². The number of H-pyrrole nitrogens is 1. The maximum absolute atomic E-state index is 12.4. The normalized spacial score (nSPS) is 10.8. The first kappa shape index (κ1) is 18.1. The van der Waals surface area contributed by atoms with Gasteiger partial charge in [-0.1, -0.05) is 41.9 Å². The summed E-state index contributed by atoms with van der Waals surface area (Å²) in [6.07, 6.45) is 0. The third-order valence-corrected chi connectivity index (χ3v) is 4.78. The molecule has 140 valence electrons. The van der Waals surface area contributed by atoms with Crippen LogP contribution in [0.15, 0.2) is 60.7 Å². The Balaban J connectivity index is 1.85. The molecule has 0 aliphatic rings. The molecular formula is C22H18ClN3O2. The molecule has 6 heteroatoms. The summed E-state index contributed by atoms with van der Waals surface area (Å²) in [7, 11) is 1.36.